The number of hydrogen-bond donors (Lipinski definition) is 1. The molecule has 1 aliphatic heterocycles. The molecule has 6 heteroatoms. The van der Waals surface area contributed by atoms with Crippen LogP contribution in [0.1, 0.15) is 27.0 Å². The number of nitrogens with zero attached hydrogens (tertiary/aromatic N) is 2. The van der Waals surface area contributed by atoms with Crippen LogP contribution >= 0.6 is 23.4 Å². The highest BCUT2D eigenvalue weighted by molar-refractivity contribution is 7.99. The Morgan fingerprint density at radius 1 is 1.25 bits per heavy atom. The van der Waals surface area contributed by atoms with E-state index in [2.05, 4.69) is 20.9 Å². The molecule has 1 unspecified atom stereocenters. The van der Waals surface area contributed by atoms with Crippen LogP contribution in [0.2, 0.25) is 5.02 Å². The highest BCUT2D eigenvalue weighted by atomic mass is 35.5. The number of pyridine rings is 1. The van der Waals surface area contributed by atoms with Gasteiger partial charge in [-0.25, -0.2) is 0 Å². The van der Waals surface area contributed by atoms with Crippen molar-refractivity contribution < 1.29 is 4.79 Å². The van der Waals surface area contributed by atoms with Crippen molar-refractivity contribution in [1.29, 1.82) is 0 Å². The highest BCUT2D eigenvalue weighted by Crippen LogP contribution is 2.41. The van der Waals surface area contributed by atoms with Gasteiger partial charge in [-0.15, -0.1) is 11.8 Å². The number of rotatable bonds is 3. The van der Waals surface area contributed by atoms with Crippen molar-refractivity contribution in [2.24, 2.45) is 0 Å². The molecule has 0 saturated carbocycles. The number of hydrogen-bond acceptors (Lipinski definition) is 3. The van der Waals surface area contributed by atoms with Crippen LogP contribution in [0.25, 0.3) is 0 Å². The summed E-state index contributed by atoms with van der Waals surface area (Å²) in [5.74, 6) is 0.703. The van der Waals surface area contributed by atoms with Crippen molar-refractivity contribution in [3.8, 4) is 0 Å². The van der Waals surface area contributed by atoms with Crippen LogP contribution in [0, 0.1) is 0 Å². The van der Waals surface area contributed by atoms with Gasteiger partial charge >= 0.3 is 0 Å². The van der Waals surface area contributed by atoms with E-state index >= 15 is 0 Å². The van der Waals surface area contributed by atoms with Crippen molar-refractivity contribution in [2.45, 2.75) is 11.1 Å². The van der Waals surface area contributed by atoms with E-state index in [1.807, 2.05) is 24.5 Å². The first-order chi connectivity index (χ1) is 11.7. The molecule has 2 aromatic heterocycles. The van der Waals surface area contributed by atoms with Gasteiger partial charge < -0.3 is 9.88 Å². The summed E-state index contributed by atoms with van der Waals surface area (Å²) >= 11 is 7.67. The maximum atomic E-state index is 12.6. The third kappa shape index (κ3) is 2.81. The van der Waals surface area contributed by atoms with E-state index in [0.717, 1.165) is 22.7 Å². The van der Waals surface area contributed by atoms with Crippen LogP contribution in [-0.2, 0) is 5.75 Å². The minimum Gasteiger partial charge on any atom is -0.333 e. The second-order valence-corrected chi connectivity index (χ2v) is 7.00. The minimum atomic E-state index is -0.0986. The first-order valence-corrected chi connectivity index (χ1v) is 8.93. The summed E-state index contributed by atoms with van der Waals surface area (Å²) in [6.07, 6.45) is 5.62. The van der Waals surface area contributed by atoms with Crippen LogP contribution in [0.15, 0.2) is 61.1 Å². The fourth-order valence-corrected chi connectivity index (χ4v) is 4.24. The van der Waals surface area contributed by atoms with Gasteiger partial charge in [0.25, 0.3) is 5.91 Å². The third-order valence-corrected chi connectivity index (χ3v) is 5.48. The maximum Gasteiger partial charge on any atom is 0.257 e. The zero-order chi connectivity index (χ0) is 16.5. The molecule has 1 atom stereocenters. The molecule has 3 aromatic rings. The predicted octanol–water partition coefficient (Wildman–Crippen LogP) is 4.58. The molecule has 3 heterocycles. The number of halogens is 1. The van der Waals surface area contributed by atoms with Gasteiger partial charge in [0.2, 0.25) is 0 Å². The van der Waals surface area contributed by atoms with Crippen molar-refractivity contribution in [3.63, 3.8) is 0 Å². The van der Waals surface area contributed by atoms with E-state index in [1.165, 1.54) is 0 Å². The van der Waals surface area contributed by atoms with Gasteiger partial charge in [0.05, 0.1) is 5.56 Å². The van der Waals surface area contributed by atoms with Crippen molar-refractivity contribution in [1.82, 2.24) is 9.55 Å². The van der Waals surface area contributed by atoms with E-state index < -0.39 is 0 Å². The molecular weight excluding hydrogens is 342 g/mol. The summed E-state index contributed by atoms with van der Waals surface area (Å²) in [5.41, 5.74) is 3.63. The van der Waals surface area contributed by atoms with E-state index in [0.29, 0.717) is 10.6 Å². The number of carbonyl (C=O) groups is 1. The molecule has 4 rings (SSSR count). The third-order valence-electron chi connectivity index (χ3n) is 3.97. The molecule has 24 heavy (non-hydrogen) atoms. The number of thioether (sulfide) groups is 1. The lowest BCUT2D eigenvalue weighted by Crippen LogP contribution is -2.13. The molecule has 1 N–H and O–H groups in total. The van der Waals surface area contributed by atoms with Gasteiger partial charge in [-0.2, -0.15) is 0 Å². The highest BCUT2D eigenvalue weighted by Gasteiger charge is 2.28. The number of aromatic nitrogens is 2. The van der Waals surface area contributed by atoms with Crippen LogP contribution in [0.5, 0.6) is 0 Å². The lowest BCUT2D eigenvalue weighted by Gasteiger charge is -2.12. The Morgan fingerprint density at radius 2 is 2.08 bits per heavy atom. The smallest absolute Gasteiger partial charge is 0.257 e. The van der Waals surface area contributed by atoms with Crippen molar-refractivity contribution in [2.75, 3.05) is 5.32 Å². The number of anilines is 1. The average Bonchev–Trinajstić information content (AvgIpc) is 3.19. The molecule has 1 aromatic carbocycles. The zero-order valence-electron chi connectivity index (χ0n) is 12.6. The number of amides is 1. The Labute approximate surface area is 148 Å². The molecule has 0 bridgehead atoms. The molecule has 120 valence electrons. The first-order valence-electron chi connectivity index (χ1n) is 7.50. The lowest BCUT2D eigenvalue weighted by molar-refractivity contribution is 0.102. The Hall–Kier alpha value is -2.24. The Bertz CT molecular complexity index is 877. The number of nitrogens with one attached hydrogen (secondary N) is 1. The Balaban J connectivity index is 1.58. The fraction of sp³-hybridized carbons (Fsp3) is 0.111. The second kappa shape index (κ2) is 6.34. The topological polar surface area (TPSA) is 46.9 Å². The summed E-state index contributed by atoms with van der Waals surface area (Å²) in [7, 11) is 0. The van der Waals surface area contributed by atoms with Gasteiger partial charge in [-0.05, 0) is 36.4 Å². The fourth-order valence-electron chi connectivity index (χ4n) is 2.81. The van der Waals surface area contributed by atoms with E-state index in [4.69, 9.17) is 11.6 Å². The molecule has 0 fully saturated rings. The average molecular weight is 356 g/mol. The van der Waals surface area contributed by atoms with Crippen LogP contribution in [-0.4, -0.2) is 15.5 Å². The van der Waals surface area contributed by atoms with E-state index in [-0.39, 0.29) is 11.3 Å². The summed E-state index contributed by atoms with van der Waals surface area (Å²) in [6, 6.07) is 13.0. The maximum absolute atomic E-state index is 12.6. The number of benzene rings is 1. The summed E-state index contributed by atoms with van der Waals surface area (Å²) in [4.78, 5) is 16.8. The second-order valence-electron chi connectivity index (χ2n) is 5.49. The molecule has 1 aliphatic rings. The summed E-state index contributed by atoms with van der Waals surface area (Å²) in [5, 5.41) is 3.74. The molecular formula is C18H14ClN3OS. The normalized spacial score (nSPS) is 16.0. The summed E-state index contributed by atoms with van der Waals surface area (Å²) in [6.45, 7) is 0. The molecule has 0 saturated heterocycles. The monoisotopic (exact) mass is 355 g/mol. The van der Waals surface area contributed by atoms with Gasteiger partial charge in [0, 0.05) is 46.3 Å². The zero-order valence-corrected chi connectivity index (χ0v) is 14.2. The van der Waals surface area contributed by atoms with Gasteiger partial charge in [-0.1, -0.05) is 17.7 Å². The molecule has 1 amide bonds. The van der Waals surface area contributed by atoms with Gasteiger partial charge in [0.1, 0.15) is 5.37 Å². The first kappa shape index (κ1) is 15.3. The van der Waals surface area contributed by atoms with Crippen molar-refractivity contribution >= 4 is 35.0 Å². The Kier molecular flexibility index (Phi) is 4.04. The van der Waals surface area contributed by atoms with Gasteiger partial charge in [-0.3, -0.25) is 9.78 Å². The summed E-state index contributed by atoms with van der Waals surface area (Å²) < 4.78 is 2.15. The largest absolute Gasteiger partial charge is 0.333 e. The van der Waals surface area contributed by atoms with E-state index in [9.17, 15) is 4.79 Å². The predicted molar refractivity (Wildman–Crippen MR) is 97.5 cm³/mol. The van der Waals surface area contributed by atoms with Crippen LogP contribution in [0.3, 0.4) is 0 Å². The van der Waals surface area contributed by atoms with E-state index in [1.54, 1.807) is 42.2 Å². The molecule has 0 radical (unpaired) electrons. The minimum absolute atomic E-state index is 0.0986. The quantitative estimate of drug-likeness (QED) is 0.747. The lowest BCUT2D eigenvalue weighted by atomic mass is 10.2. The Morgan fingerprint density at radius 3 is 2.83 bits per heavy atom. The van der Waals surface area contributed by atoms with Crippen LogP contribution in [0.4, 0.5) is 5.69 Å². The number of carbonyl (C=O) groups excluding carboxylic acids is 1. The van der Waals surface area contributed by atoms with Crippen LogP contribution < -0.4 is 5.32 Å². The molecule has 0 spiro atoms. The van der Waals surface area contributed by atoms with Gasteiger partial charge in [0.15, 0.2) is 0 Å². The molecule has 0 aliphatic carbocycles. The SMILES string of the molecule is O=C(Nc1ccc(Cl)cc1)c1ccn2c1CSC2c1cccnc1. The number of fused-ring (bicyclic) bond motifs is 1. The van der Waals surface area contributed by atoms with Crippen molar-refractivity contribution in [3.05, 3.63) is 82.9 Å². The standard InChI is InChI=1S/C18H14ClN3OS/c19-13-3-5-14(6-4-13)21-17(23)15-7-9-22-16(15)11-24-18(22)12-2-1-8-20-10-12/h1-10,18H,11H2,(H,21,23). The molecule has 4 nitrogen and oxygen atoms in total.